The second-order valence-electron chi connectivity index (χ2n) is 3.40. The molecule has 0 aliphatic carbocycles. The lowest BCUT2D eigenvalue weighted by Gasteiger charge is -2.19. The minimum Gasteiger partial charge on any atom is -0.456 e. The summed E-state index contributed by atoms with van der Waals surface area (Å²) in [6.07, 6.45) is 4.50. The number of nitrogens with zero attached hydrogens (tertiary/aromatic N) is 2. The summed E-state index contributed by atoms with van der Waals surface area (Å²) in [6.45, 7) is 5.34. The Morgan fingerprint density at radius 1 is 1.43 bits per heavy atom. The molecule has 0 N–H and O–H groups in total. The topological polar surface area (TPSA) is 52.1 Å². The van der Waals surface area contributed by atoms with E-state index in [1.165, 1.54) is 6.92 Å². The first-order valence-electron chi connectivity index (χ1n) is 4.54. The van der Waals surface area contributed by atoms with Crippen molar-refractivity contribution in [1.29, 1.82) is 0 Å². The summed E-state index contributed by atoms with van der Waals surface area (Å²) in [5.74, 6) is -0.107. The van der Waals surface area contributed by atoms with E-state index in [0.717, 1.165) is 0 Å². The fraction of sp³-hybridized carbons (Fsp3) is 0.500. The fourth-order valence-electron chi connectivity index (χ4n) is 1.17. The van der Waals surface area contributed by atoms with Crippen LogP contribution in [0.15, 0.2) is 18.6 Å². The first-order chi connectivity index (χ1) is 6.61. The molecule has 0 spiro atoms. The number of carbonyl (C=O) groups excluding carboxylic acids is 1. The Morgan fingerprint density at radius 2 is 2.14 bits per heavy atom. The van der Waals surface area contributed by atoms with Crippen LogP contribution in [0, 0.1) is 5.92 Å². The molecule has 0 aliphatic rings. The standard InChI is InChI=1S/C10H14N2O2/c1-7(2)10(14-8(3)13)9-6-11-4-5-12-9/h4-7,10H,1-3H3/t10-/m1/s1. The van der Waals surface area contributed by atoms with Crippen LogP contribution in [-0.4, -0.2) is 15.9 Å². The largest absolute Gasteiger partial charge is 0.456 e. The van der Waals surface area contributed by atoms with Crippen molar-refractivity contribution in [2.45, 2.75) is 26.9 Å². The normalized spacial score (nSPS) is 12.6. The van der Waals surface area contributed by atoms with Gasteiger partial charge in [0.2, 0.25) is 0 Å². The van der Waals surface area contributed by atoms with Crippen LogP contribution in [-0.2, 0) is 9.53 Å². The van der Waals surface area contributed by atoms with E-state index in [1.54, 1.807) is 18.6 Å². The van der Waals surface area contributed by atoms with Crippen LogP contribution in [0.4, 0.5) is 0 Å². The molecule has 76 valence electrons. The molecule has 1 heterocycles. The van der Waals surface area contributed by atoms with Crippen molar-refractivity contribution < 1.29 is 9.53 Å². The second-order valence-corrected chi connectivity index (χ2v) is 3.40. The molecule has 0 aliphatic heterocycles. The van der Waals surface area contributed by atoms with E-state index in [1.807, 2.05) is 13.8 Å². The number of rotatable bonds is 3. The van der Waals surface area contributed by atoms with Crippen molar-refractivity contribution >= 4 is 5.97 Å². The Balaban J connectivity index is 2.83. The molecule has 0 bridgehead atoms. The molecule has 0 fully saturated rings. The molecule has 0 saturated heterocycles. The molecule has 1 rings (SSSR count). The molecule has 0 saturated carbocycles. The third-order valence-electron chi connectivity index (χ3n) is 1.77. The van der Waals surface area contributed by atoms with Gasteiger partial charge in [-0.15, -0.1) is 0 Å². The van der Waals surface area contributed by atoms with E-state index in [0.29, 0.717) is 5.69 Å². The molecule has 1 atom stereocenters. The van der Waals surface area contributed by atoms with Crippen molar-refractivity contribution in [3.8, 4) is 0 Å². The molecular weight excluding hydrogens is 180 g/mol. The lowest BCUT2D eigenvalue weighted by atomic mass is 10.0. The van der Waals surface area contributed by atoms with E-state index in [-0.39, 0.29) is 18.0 Å². The molecule has 0 amide bonds. The van der Waals surface area contributed by atoms with E-state index >= 15 is 0 Å². The average Bonchev–Trinajstić information content (AvgIpc) is 2.15. The van der Waals surface area contributed by atoms with E-state index in [9.17, 15) is 4.79 Å². The van der Waals surface area contributed by atoms with Gasteiger partial charge in [-0.05, 0) is 5.92 Å². The molecule has 0 aromatic carbocycles. The van der Waals surface area contributed by atoms with E-state index in [4.69, 9.17) is 4.74 Å². The predicted octanol–water partition coefficient (Wildman–Crippen LogP) is 1.74. The third-order valence-corrected chi connectivity index (χ3v) is 1.77. The minimum absolute atomic E-state index is 0.190. The van der Waals surface area contributed by atoms with Crippen LogP contribution < -0.4 is 0 Å². The Kier molecular flexibility index (Phi) is 3.56. The minimum atomic E-state index is -0.304. The van der Waals surface area contributed by atoms with Gasteiger partial charge in [-0.2, -0.15) is 0 Å². The first kappa shape index (κ1) is 10.6. The zero-order chi connectivity index (χ0) is 10.6. The van der Waals surface area contributed by atoms with Gasteiger partial charge in [-0.1, -0.05) is 13.8 Å². The molecule has 0 unspecified atom stereocenters. The SMILES string of the molecule is CC(=O)O[C@@H](c1cnccn1)C(C)C. The van der Waals surface area contributed by atoms with Crippen molar-refractivity contribution in [3.63, 3.8) is 0 Å². The summed E-state index contributed by atoms with van der Waals surface area (Å²) >= 11 is 0. The van der Waals surface area contributed by atoms with Crippen LogP contribution in [0.2, 0.25) is 0 Å². The Labute approximate surface area is 83.3 Å². The maximum atomic E-state index is 10.9. The first-order valence-corrected chi connectivity index (χ1v) is 4.54. The van der Waals surface area contributed by atoms with Gasteiger partial charge in [0.25, 0.3) is 0 Å². The smallest absolute Gasteiger partial charge is 0.303 e. The molecule has 1 aromatic rings. The number of ether oxygens (including phenoxy) is 1. The van der Waals surface area contributed by atoms with E-state index in [2.05, 4.69) is 9.97 Å². The number of carbonyl (C=O) groups is 1. The van der Waals surface area contributed by atoms with Gasteiger partial charge in [0.05, 0.1) is 11.9 Å². The summed E-state index contributed by atoms with van der Waals surface area (Å²) in [7, 11) is 0. The average molecular weight is 194 g/mol. The highest BCUT2D eigenvalue weighted by Crippen LogP contribution is 2.23. The molecule has 1 aromatic heterocycles. The van der Waals surface area contributed by atoms with Gasteiger partial charge >= 0.3 is 5.97 Å². The van der Waals surface area contributed by atoms with Crippen molar-refractivity contribution in [3.05, 3.63) is 24.3 Å². The van der Waals surface area contributed by atoms with Gasteiger partial charge in [0.15, 0.2) is 0 Å². The lowest BCUT2D eigenvalue weighted by molar-refractivity contribution is -0.149. The van der Waals surface area contributed by atoms with Crippen LogP contribution in [0.5, 0.6) is 0 Å². The Bertz CT molecular complexity index is 298. The van der Waals surface area contributed by atoms with Gasteiger partial charge in [0.1, 0.15) is 6.10 Å². The van der Waals surface area contributed by atoms with Crippen LogP contribution >= 0.6 is 0 Å². The molecule has 4 heteroatoms. The molecule has 14 heavy (non-hydrogen) atoms. The summed E-state index contributed by atoms with van der Waals surface area (Å²) in [5, 5.41) is 0. The quantitative estimate of drug-likeness (QED) is 0.688. The second kappa shape index (κ2) is 4.69. The number of esters is 1. The highest BCUT2D eigenvalue weighted by molar-refractivity contribution is 5.66. The maximum absolute atomic E-state index is 10.9. The fourth-order valence-corrected chi connectivity index (χ4v) is 1.17. The molecule has 4 nitrogen and oxygen atoms in total. The highest BCUT2D eigenvalue weighted by atomic mass is 16.5. The number of hydrogen-bond donors (Lipinski definition) is 0. The summed E-state index contributed by atoms with van der Waals surface area (Å²) in [5.41, 5.74) is 0.692. The van der Waals surface area contributed by atoms with Gasteiger partial charge in [-0.3, -0.25) is 14.8 Å². The van der Waals surface area contributed by atoms with Crippen molar-refractivity contribution in [1.82, 2.24) is 9.97 Å². The van der Waals surface area contributed by atoms with Gasteiger partial charge in [0, 0.05) is 19.3 Å². The highest BCUT2D eigenvalue weighted by Gasteiger charge is 2.20. The summed E-state index contributed by atoms with van der Waals surface area (Å²) in [4.78, 5) is 18.9. The van der Waals surface area contributed by atoms with E-state index < -0.39 is 0 Å². The Hall–Kier alpha value is -1.45. The van der Waals surface area contributed by atoms with Crippen molar-refractivity contribution in [2.75, 3.05) is 0 Å². The summed E-state index contributed by atoms with van der Waals surface area (Å²) in [6, 6.07) is 0. The monoisotopic (exact) mass is 194 g/mol. The van der Waals surface area contributed by atoms with Crippen molar-refractivity contribution in [2.24, 2.45) is 5.92 Å². The summed E-state index contributed by atoms with van der Waals surface area (Å²) < 4.78 is 5.16. The zero-order valence-electron chi connectivity index (χ0n) is 8.60. The molecule has 0 radical (unpaired) electrons. The third kappa shape index (κ3) is 2.80. The maximum Gasteiger partial charge on any atom is 0.303 e. The number of hydrogen-bond acceptors (Lipinski definition) is 4. The lowest BCUT2D eigenvalue weighted by Crippen LogP contribution is -2.15. The van der Waals surface area contributed by atoms with Crippen LogP contribution in [0.25, 0.3) is 0 Å². The number of aromatic nitrogens is 2. The van der Waals surface area contributed by atoms with Crippen LogP contribution in [0.1, 0.15) is 32.6 Å². The zero-order valence-corrected chi connectivity index (χ0v) is 8.60. The molecular formula is C10H14N2O2. The van der Waals surface area contributed by atoms with Gasteiger partial charge in [-0.25, -0.2) is 0 Å². The Morgan fingerprint density at radius 3 is 2.57 bits per heavy atom. The van der Waals surface area contributed by atoms with Gasteiger partial charge < -0.3 is 4.74 Å². The predicted molar refractivity (Wildman–Crippen MR) is 51.4 cm³/mol. The van der Waals surface area contributed by atoms with Crippen LogP contribution in [0.3, 0.4) is 0 Å².